The predicted octanol–water partition coefficient (Wildman–Crippen LogP) is 6.52. The molecule has 6 heteroatoms. The van der Waals surface area contributed by atoms with Crippen LogP contribution >= 0.6 is 0 Å². The molecule has 4 nitrogen and oxygen atoms in total. The van der Waals surface area contributed by atoms with Crippen LogP contribution in [-0.2, 0) is 29.5 Å². The summed E-state index contributed by atoms with van der Waals surface area (Å²) < 4.78 is 28.3. The van der Waals surface area contributed by atoms with Gasteiger partial charge in [-0.15, -0.1) is 0 Å². The van der Waals surface area contributed by atoms with Gasteiger partial charge in [0.1, 0.15) is 0 Å². The van der Waals surface area contributed by atoms with Crippen LogP contribution in [0.25, 0.3) is 0 Å². The fourth-order valence-electron chi connectivity index (χ4n) is 3.66. The third kappa shape index (κ3) is 8.49. The minimum atomic E-state index is -3.69. The summed E-state index contributed by atoms with van der Waals surface area (Å²) in [7, 11) is -3.69. The molecule has 4 aromatic rings. The van der Waals surface area contributed by atoms with Crippen molar-refractivity contribution in [3.63, 3.8) is 0 Å². The van der Waals surface area contributed by atoms with Crippen molar-refractivity contribution in [2.75, 3.05) is 0 Å². The normalized spacial score (nSPS) is 12.6. The summed E-state index contributed by atoms with van der Waals surface area (Å²) in [5.41, 5.74) is 10.9. The quantitative estimate of drug-likeness (QED) is 0.242. The van der Waals surface area contributed by atoms with Gasteiger partial charge in [-0.3, -0.25) is 0 Å². The van der Waals surface area contributed by atoms with Crippen LogP contribution in [0.2, 0.25) is 0 Å². The number of hydrogen-bond acceptors (Lipinski definition) is 3. The Morgan fingerprint density at radius 1 is 0.639 bits per heavy atom. The Balaban J connectivity index is 0.000000350. The molecule has 190 valence electrons. The van der Waals surface area contributed by atoms with Crippen LogP contribution < -0.4 is 10.5 Å². The zero-order valence-electron chi connectivity index (χ0n) is 20.9. The van der Waals surface area contributed by atoms with Gasteiger partial charge in [0.15, 0.2) is 0 Å². The van der Waals surface area contributed by atoms with Gasteiger partial charge >= 0.3 is 0 Å². The van der Waals surface area contributed by atoms with Crippen molar-refractivity contribution in [2.45, 2.75) is 43.7 Å². The molecule has 36 heavy (non-hydrogen) atoms. The molecule has 0 saturated heterocycles. The van der Waals surface area contributed by atoms with Crippen LogP contribution in [0, 0.1) is 6.92 Å². The van der Waals surface area contributed by atoms with Crippen molar-refractivity contribution in [1.82, 2.24) is 4.72 Å². The molecule has 4 rings (SSSR count). The number of sulfonamides is 1. The van der Waals surface area contributed by atoms with Gasteiger partial charge in [0.25, 0.3) is 0 Å². The fraction of sp³-hybridized carbons (Fsp3) is 0.200. The molecule has 2 atom stereocenters. The van der Waals surface area contributed by atoms with Crippen LogP contribution in [0.5, 0.6) is 0 Å². The molecule has 0 unspecified atom stereocenters. The molecule has 0 aliphatic rings. The van der Waals surface area contributed by atoms with Crippen molar-refractivity contribution in [1.29, 1.82) is 0 Å². The first kappa shape index (κ1) is 29.6. The molecule has 0 heterocycles. The minimum Gasteiger partial charge on any atom is -0.322 e. The Morgan fingerprint density at radius 3 is 1.56 bits per heavy atom. The smallest absolute Gasteiger partial charge is 0.241 e. The standard InChI is InChI=1S/C20H20N2O2S.C10H14.Ru/c21-19(16-10-4-1-5-11-16)20(17-12-6-2-7-13-17)22-25(23,24)18-14-8-3-9-15-18;1-8(2)10-6-4-9(3)5-7-10;/h1-15,19-20,22H,21H2;4-8H,1-3H3;/t19-,20-;;/m1../s1. The molecule has 0 aliphatic carbocycles. The number of rotatable bonds is 7. The zero-order valence-corrected chi connectivity index (χ0v) is 23.4. The Hall–Kier alpha value is -2.63. The second-order valence-corrected chi connectivity index (χ2v) is 10.5. The Labute approximate surface area is 228 Å². The third-order valence-corrected chi connectivity index (χ3v) is 7.24. The maximum absolute atomic E-state index is 12.8. The summed E-state index contributed by atoms with van der Waals surface area (Å²) in [4.78, 5) is 0.219. The number of aryl methyl sites for hydroxylation is 1. The topological polar surface area (TPSA) is 72.2 Å². The third-order valence-electron chi connectivity index (χ3n) is 5.78. The fourth-order valence-corrected chi connectivity index (χ4v) is 4.93. The summed E-state index contributed by atoms with van der Waals surface area (Å²) in [5.74, 6) is 0.653. The van der Waals surface area contributed by atoms with Crippen LogP contribution in [0.15, 0.2) is 120 Å². The van der Waals surface area contributed by atoms with E-state index in [1.807, 2.05) is 60.7 Å². The van der Waals surface area contributed by atoms with E-state index in [1.54, 1.807) is 30.3 Å². The second kappa shape index (κ2) is 14.2. The van der Waals surface area contributed by atoms with E-state index >= 15 is 0 Å². The molecule has 0 amide bonds. The van der Waals surface area contributed by atoms with Crippen molar-refractivity contribution < 1.29 is 27.9 Å². The van der Waals surface area contributed by atoms with Gasteiger partial charge in [0, 0.05) is 19.5 Å². The number of benzene rings is 4. The molecule has 0 spiro atoms. The molecule has 0 aromatic heterocycles. The van der Waals surface area contributed by atoms with E-state index < -0.39 is 22.1 Å². The van der Waals surface area contributed by atoms with Crippen molar-refractivity contribution in [2.24, 2.45) is 5.73 Å². The minimum absolute atomic E-state index is 0. The van der Waals surface area contributed by atoms with E-state index in [9.17, 15) is 8.42 Å². The second-order valence-electron chi connectivity index (χ2n) is 8.82. The van der Waals surface area contributed by atoms with Gasteiger partial charge in [-0.05, 0) is 41.7 Å². The average Bonchev–Trinajstić information content (AvgIpc) is 2.89. The molecule has 0 bridgehead atoms. The Morgan fingerprint density at radius 2 is 1.08 bits per heavy atom. The van der Waals surface area contributed by atoms with Gasteiger partial charge in [0.05, 0.1) is 17.0 Å². The molecule has 0 saturated carbocycles. The summed E-state index contributed by atoms with van der Waals surface area (Å²) >= 11 is 0. The Bertz CT molecular complexity index is 1270. The van der Waals surface area contributed by atoms with Crippen molar-refractivity contribution in [3.8, 4) is 0 Å². The first-order valence-corrected chi connectivity index (χ1v) is 13.3. The van der Waals surface area contributed by atoms with E-state index in [0.717, 1.165) is 11.1 Å². The number of nitrogens with one attached hydrogen (secondary N) is 1. The molecule has 3 N–H and O–H groups in total. The van der Waals surface area contributed by atoms with Crippen LogP contribution in [-0.4, -0.2) is 8.42 Å². The summed E-state index contributed by atoms with van der Waals surface area (Å²) in [6.07, 6.45) is 0. The molecule has 0 aliphatic heterocycles. The first-order valence-electron chi connectivity index (χ1n) is 11.8. The predicted molar refractivity (Wildman–Crippen MR) is 145 cm³/mol. The monoisotopic (exact) mass is 588 g/mol. The number of hydrogen-bond donors (Lipinski definition) is 2. The van der Waals surface area contributed by atoms with Gasteiger partial charge in [-0.25, -0.2) is 13.1 Å². The molecule has 0 fully saturated rings. The van der Waals surface area contributed by atoms with E-state index in [-0.39, 0.29) is 24.4 Å². The Kier molecular flexibility index (Phi) is 11.7. The van der Waals surface area contributed by atoms with E-state index in [2.05, 4.69) is 49.8 Å². The maximum atomic E-state index is 12.8. The molecular formula is C30H34N2O2RuS. The van der Waals surface area contributed by atoms with Gasteiger partial charge in [-0.2, -0.15) is 0 Å². The summed E-state index contributed by atoms with van der Waals surface area (Å²) in [6, 6.07) is 34.8. The van der Waals surface area contributed by atoms with Crippen molar-refractivity contribution in [3.05, 3.63) is 138 Å². The van der Waals surface area contributed by atoms with Crippen molar-refractivity contribution >= 4 is 10.0 Å². The molecular weight excluding hydrogens is 553 g/mol. The average molecular weight is 588 g/mol. The SMILES string of the molecule is Cc1ccc(C(C)C)cc1.N[C@H](c1ccccc1)[C@H](NS(=O)(=O)c1ccccc1)c1ccccc1.[Ru]. The zero-order chi connectivity index (χ0) is 25.3. The first-order chi connectivity index (χ1) is 16.8. The van der Waals surface area contributed by atoms with E-state index in [1.165, 1.54) is 11.1 Å². The number of nitrogens with two attached hydrogens (primary N) is 1. The van der Waals surface area contributed by atoms with E-state index in [0.29, 0.717) is 5.92 Å². The van der Waals surface area contributed by atoms with Gasteiger partial charge < -0.3 is 5.73 Å². The van der Waals surface area contributed by atoms with Gasteiger partial charge in [-0.1, -0.05) is 123 Å². The van der Waals surface area contributed by atoms with Crippen LogP contribution in [0.4, 0.5) is 0 Å². The van der Waals surface area contributed by atoms with Crippen LogP contribution in [0.1, 0.15) is 54.1 Å². The maximum Gasteiger partial charge on any atom is 0.241 e. The largest absolute Gasteiger partial charge is 0.322 e. The van der Waals surface area contributed by atoms with E-state index in [4.69, 9.17) is 5.73 Å². The van der Waals surface area contributed by atoms with Gasteiger partial charge in [0.2, 0.25) is 10.0 Å². The summed E-state index contributed by atoms with van der Waals surface area (Å²) in [5, 5.41) is 0. The van der Waals surface area contributed by atoms with Crippen LogP contribution in [0.3, 0.4) is 0 Å². The molecule has 0 radical (unpaired) electrons. The molecule has 4 aromatic carbocycles. The summed E-state index contributed by atoms with van der Waals surface area (Å²) in [6.45, 7) is 6.54.